The van der Waals surface area contributed by atoms with Gasteiger partial charge in [0.2, 0.25) is 0 Å². The molecule has 0 radical (unpaired) electrons. The van der Waals surface area contributed by atoms with Gasteiger partial charge in [0.15, 0.2) is 0 Å². The van der Waals surface area contributed by atoms with Crippen LogP contribution in [0.3, 0.4) is 0 Å². The largest absolute Gasteiger partial charge is 0.312 e. The van der Waals surface area contributed by atoms with Gasteiger partial charge in [-0.15, -0.1) is 11.3 Å². The molecule has 0 amide bonds. The maximum Gasteiger partial charge on any atom is 0.136 e. The number of aryl methyl sites for hydroxylation is 2. The number of pyridine rings is 1. The molecule has 5 nitrogen and oxygen atoms in total. The van der Waals surface area contributed by atoms with Gasteiger partial charge >= 0.3 is 0 Å². The fourth-order valence-corrected chi connectivity index (χ4v) is 4.65. The first-order valence-electron chi connectivity index (χ1n) is 9.31. The Hall–Kier alpha value is -1.63. The first kappa shape index (κ1) is 19.1. The molecule has 140 valence electrons. The molecule has 2 aromatic heterocycles. The van der Waals surface area contributed by atoms with E-state index in [0.717, 1.165) is 55.4 Å². The molecule has 3 heterocycles. The Kier molecular flexibility index (Phi) is 6.51. The third-order valence-corrected chi connectivity index (χ3v) is 5.55. The van der Waals surface area contributed by atoms with Crippen molar-refractivity contribution in [2.45, 2.75) is 52.6 Å². The minimum absolute atomic E-state index is 0.174. The number of ketones is 1. The minimum atomic E-state index is 0.174. The molecule has 1 saturated heterocycles. The van der Waals surface area contributed by atoms with Crippen LogP contribution in [0.15, 0.2) is 18.3 Å². The summed E-state index contributed by atoms with van der Waals surface area (Å²) in [6.07, 6.45) is 4.57. The van der Waals surface area contributed by atoms with Gasteiger partial charge < -0.3 is 5.32 Å². The van der Waals surface area contributed by atoms with E-state index in [1.165, 1.54) is 10.4 Å². The molecule has 0 aliphatic carbocycles. The Morgan fingerprint density at radius 3 is 2.85 bits per heavy atom. The van der Waals surface area contributed by atoms with E-state index in [1.807, 2.05) is 6.20 Å². The normalized spacial score (nSPS) is 18.7. The van der Waals surface area contributed by atoms with E-state index >= 15 is 0 Å². The maximum atomic E-state index is 11.3. The number of aromatic nitrogens is 2. The van der Waals surface area contributed by atoms with Gasteiger partial charge in [-0.2, -0.15) is 0 Å². The van der Waals surface area contributed by atoms with Crippen molar-refractivity contribution in [2.24, 2.45) is 0 Å². The summed E-state index contributed by atoms with van der Waals surface area (Å²) in [7, 11) is 0. The molecule has 1 fully saturated rings. The number of hydrogen-bond acceptors (Lipinski definition) is 6. The molecule has 26 heavy (non-hydrogen) atoms. The predicted octanol–water partition coefficient (Wildman–Crippen LogP) is 2.69. The second-order valence-corrected chi connectivity index (χ2v) is 8.50. The molecule has 1 N–H and O–H groups in total. The van der Waals surface area contributed by atoms with Crippen LogP contribution < -0.4 is 5.32 Å². The Labute approximate surface area is 159 Å². The van der Waals surface area contributed by atoms with Crippen molar-refractivity contribution < 1.29 is 4.79 Å². The Balaban J connectivity index is 1.61. The molecular formula is C20H28N4OS. The van der Waals surface area contributed by atoms with Crippen LogP contribution in [0.25, 0.3) is 0 Å². The Morgan fingerprint density at radius 1 is 1.35 bits per heavy atom. The van der Waals surface area contributed by atoms with Gasteiger partial charge in [-0.05, 0) is 64.4 Å². The molecule has 0 saturated carbocycles. The van der Waals surface area contributed by atoms with Crippen molar-refractivity contribution in [1.82, 2.24) is 20.2 Å². The molecule has 1 unspecified atom stereocenters. The highest BCUT2D eigenvalue weighted by Crippen LogP contribution is 2.18. The van der Waals surface area contributed by atoms with Crippen LogP contribution in [0, 0.1) is 13.8 Å². The van der Waals surface area contributed by atoms with E-state index in [2.05, 4.69) is 46.2 Å². The standard InChI is InChI=1S/C20H28N4OS/c1-14-7-17(8-15(2)23-14)10-18-12-24(6-4-5-21-18)13-19-11-22-20(26-19)9-16(3)25/h7-8,11,18,21H,4-6,9-10,12-13H2,1-3H3. The SMILES string of the molecule is CC(=O)Cc1ncc(CN2CCCNC(Cc3cc(C)nc(C)c3)C2)s1. The molecule has 3 rings (SSSR count). The summed E-state index contributed by atoms with van der Waals surface area (Å²) in [4.78, 5) is 23.9. The molecule has 1 aliphatic heterocycles. The molecule has 0 aromatic carbocycles. The number of nitrogens with zero attached hydrogens (tertiary/aromatic N) is 3. The van der Waals surface area contributed by atoms with Crippen LogP contribution in [-0.2, 0) is 24.2 Å². The predicted molar refractivity (Wildman–Crippen MR) is 106 cm³/mol. The fraction of sp³-hybridized carbons (Fsp3) is 0.550. The lowest BCUT2D eigenvalue weighted by molar-refractivity contribution is -0.116. The maximum absolute atomic E-state index is 11.3. The third kappa shape index (κ3) is 5.69. The van der Waals surface area contributed by atoms with Crippen LogP contribution in [0.4, 0.5) is 0 Å². The summed E-state index contributed by atoms with van der Waals surface area (Å²) < 4.78 is 0. The Morgan fingerprint density at radius 2 is 2.12 bits per heavy atom. The summed E-state index contributed by atoms with van der Waals surface area (Å²) >= 11 is 1.67. The van der Waals surface area contributed by atoms with Crippen LogP contribution in [-0.4, -0.2) is 46.3 Å². The average molecular weight is 373 g/mol. The second kappa shape index (κ2) is 8.84. The van der Waals surface area contributed by atoms with Gasteiger partial charge in [-0.25, -0.2) is 4.98 Å². The number of carbonyl (C=O) groups is 1. The second-order valence-electron chi connectivity index (χ2n) is 7.30. The number of hydrogen-bond donors (Lipinski definition) is 1. The first-order chi connectivity index (χ1) is 12.5. The summed E-state index contributed by atoms with van der Waals surface area (Å²) in [6, 6.07) is 4.84. The Bertz CT molecular complexity index is 738. The highest BCUT2D eigenvalue weighted by Gasteiger charge is 2.19. The van der Waals surface area contributed by atoms with Gasteiger partial charge in [0.05, 0.1) is 6.42 Å². The molecule has 0 bridgehead atoms. The molecular weight excluding hydrogens is 344 g/mol. The van der Waals surface area contributed by atoms with Crippen molar-refractivity contribution in [3.63, 3.8) is 0 Å². The highest BCUT2D eigenvalue weighted by atomic mass is 32.1. The van der Waals surface area contributed by atoms with Gasteiger partial charge in [0.1, 0.15) is 10.8 Å². The van der Waals surface area contributed by atoms with E-state index in [0.29, 0.717) is 12.5 Å². The summed E-state index contributed by atoms with van der Waals surface area (Å²) in [5.41, 5.74) is 3.54. The molecule has 6 heteroatoms. The molecule has 1 aliphatic rings. The monoisotopic (exact) mass is 372 g/mol. The highest BCUT2D eigenvalue weighted by molar-refractivity contribution is 7.11. The zero-order valence-electron chi connectivity index (χ0n) is 15.9. The lowest BCUT2D eigenvalue weighted by Gasteiger charge is -2.24. The topological polar surface area (TPSA) is 58.1 Å². The van der Waals surface area contributed by atoms with Crippen molar-refractivity contribution in [1.29, 1.82) is 0 Å². The van der Waals surface area contributed by atoms with Crippen LogP contribution >= 0.6 is 11.3 Å². The molecule has 2 aromatic rings. The minimum Gasteiger partial charge on any atom is -0.312 e. The number of Topliss-reactive ketones (excluding diaryl/α,β-unsaturated/α-hetero) is 1. The van der Waals surface area contributed by atoms with Crippen molar-refractivity contribution >= 4 is 17.1 Å². The van der Waals surface area contributed by atoms with E-state index < -0.39 is 0 Å². The van der Waals surface area contributed by atoms with Crippen molar-refractivity contribution in [3.05, 3.63) is 45.2 Å². The average Bonchev–Trinajstić information content (AvgIpc) is 2.84. The summed E-state index contributed by atoms with van der Waals surface area (Å²) in [5, 5.41) is 4.63. The van der Waals surface area contributed by atoms with E-state index in [-0.39, 0.29) is 5.78 Å². The zero-order valence-corrected chi connectivity index (χ0v) is 16.7. The van der Waals surface area contributed by atoms with Crippen molar-refractivity contribution in [3.8, 4) is 0 Å². The van der Waals surface area contributed by atoms with Crippen LogP contribution in [0.5, 0.6) is 0 Å². The van der Waals surface area contributed by atoms with Crippen LogP contribution in [0.2, 0.25) is 0 Å². The molecule has 0 spiro atoms. The van der Waals surface area contributed by atoms with Gasteiger partial charge in [0, 0.05) is 41.6 Å². The zero-order chi connectivity index (χ0) is 18.5. The first-order valence-corrected chi connectivity index (χ1v) is 10.1. The van der Waals surface area contributed by atoms with Gasteiger partial charge in [-0.3, -0.25) is 14.7 Å². The van der Waals surface area contributed by atoms with E-state index in [9.17, 15) is 4.79 Å². The summed E-state index contributed by atoms with van der Waals surface area (Å²) in [5.74, 6) is 0.174. The third-order valence-electron chi connectivity index (χ3n) is 4.57. The number of nitrogens with one attached hydrogen (secondary N) is 1. The smallest absolute Gasteiger partial charge is 0.136 e. The van der Waals surface area contributed by atoms with Crippen LogP contribution in [0.1, 0.15) is 40.2 Å². The lowest BCUT2D eigenvalue weighted by atomic mass is 10.0. The van der Waals surface area contributed by atoms with E-state index in [1.54, 1.807) is 18.3 Å². The quantitative estimate of drug-likeness (QED) is 0.845. The molecule has 1 atom stereocenters. The number of rotatable bonds is 6. The number of thiazole rings is 1. The number of carbonyl (C=O) groups excluding carboxylic acids is 1. The summed E-state index contributed by atoms with van der Waals surface area (Å²) in [6.45, 7) is 9.84. The van der Waals surface area contributed by atoms with Crippen molar-refractivity contribution in [2.75, 3.05) is 19.6 Å². The van der Waals surface area contributed by atoms with Gasteiger partial charge in [0.25, 0.3) is 0 Å². The van der Waals surface area contributed by atoms with E-state index in [4.69, 9.17) is 0 Å². The van der Waals surface area contributed by atoms with Gasteiger partial charge in [-0.1, -0.05) is 0 Å². The fourth-order valence-electron chi connectivity index (χ4n) is 3.62. The lowest BCUT2D eigenvalue weighted by Crippen LogP contribution is -2.38.